The van der Waals surface area contributed by atoms with E-state index in [1.54, 1.807) is 11.8 Å². The van der Waals surface area contributed by atoms with Crippen molar-refractivity contribution in [3.8, 4) is 0 Å². The normalized spacial score (nSPS) is 25.7. The quantitative estimate of drug-likeness (QED) is 0.655. The van der Waals surface area contributed by atoms with Crippen LogP contribution in [0.2, 0.25) is 0 Å². The highest BCUT2D eigenvalue weighted by Gasteiger charge is 2.23. The first-order valence-corrected chi connectivity index (χ1v) is 7.14. The number of carbonyl (C=O) groups excluding carboxylic acids is 1. The summed E-state index contributed by atoms with van der Waals surface area (Å²) in [5.41, 5.74) is -0.692. The maximum Gasteiger partial charge on any atom is 0.221 e. The van der Waals surface area contributed by atoms with Crippen molar-refractivity contribution in [3.63, 3.8) is 0 Å². The fraction of sp³-hybridized carbons (Fsp3) is 0.909. The average molecular weight is 246 g/mol. The molecule has 1 fully saturated rings. The topological polar surface area (TPSA) is 61.4 Å². The average Bonchev–Trinajstić information content (AvgIpc) is 2.40. The van der Waals surface area contributed by atoms with Crippen molar-refractivity contribution < 1.29 is 9.90 Å². The Labute approximate surface area is 102 Å². The molecule has 5 heteroatoms. The number of carbonyl (C=O) groups is 1. The molecule has 0 aromatic carbocycles. The number of nitrogens with one attached hydrogen (secondary N) is 2. The molecule has 1 aliphatic heterocycles. The molecule has 1 heterocycles. The fourth-order valence-corrected chi connectivity index (χ4v) is 2.60. The standard InChI is InChI=1S/C11H22N2O2S/c1-11(15,8-16-2)7-13-9-4-3-5-12-10(14)6-9/h9,13,15H,3-8H2,1-2H3,(H,12,14). The number of thioether (sulfide) groups is 1. The lowest BCUT2D eigenvalue weighted by Gasteiger charge is -2.25. The zero-order valence-corrected chi connectivity index (χ0v) is 10.9. The molecule has 0 aromatic heterocycles. The molecule has 1 aliphatic rings. The van der Waals surface area contributed by atoms with Crippen LogP contribution in [0.4, 0.5) is 0 Å². The van der Waals surface area contributed by atoms with Gasteiger partial charge in [0, 0.05) is 31.3 Å². The van der Waals surface area contributed by atoms with Gasteiger partial charge in [-0.2, -0.15) is 11.8 Å². The lowest BCUT2D eigenvalue weighted by atomic mass is 10.1. The van der Waals surface area contributed by atoms with E-state index in [9.17, 15) is 9.90 Å². The van der Waals surface area contributed by atoms with E-state index in [4.69, 9.17) is 0 Å². The zero-order valence-electron chi connectivity index (χ0n) is 10.1. The van der Waals surface area contributed by atoms with Crippen molar-refractivity contribution in [1.82, 2.24) is 10.6 Å². The third kappa shape index (κ3) is 5.18. The predicted molar refractivity (Wildman–Crippen MR) is 67.7 cm³/mol. The van der Waals surface area contributed by atoms with Crippen molar-refractivity contribution in [1.29, 1.82) is 0 Å². The van der Waals surface area contributed by atoms with E-state index >= 15 is 0 Å². The van der Waals surface area contributed by atoms with Gasteiger partial charge in [-0.15, -0.1) is 0 Å². The second-order valence-corrected chi connectivity index (χ2v) is 5.57. The Hall–Kier alpha value is -0.260. The third-order valence-corrected chi connectivity index (χ3v) is 3.62. The monoisotopic (exact) mass is 246 g/mol. The van der Waals surface area contributed by atoms with Crippen LogP contribution in [0.1, 0.15) is 26.2 Å². The van der Waals surface area contributed by atoms with E-state index in [1.165, 1.54) is 0 Å². The Morgan fingerprint density at radius 1 is 1.69 bits per heavy atom. The van der Waals surface area contributed by atoms with Crippen molar-refractivity contribution in [2.45, 2.75) is 37.8 Å². The molecular formula is C11H22N2O2S. The van der Waals surface area contributed by atoms with Crippen molar-refractivity contribution >= 4 is 17.7 Å². The summed E-state index contributed by atoms with van der Waals surface area (Å²) in [4.78, 5) is 11.3. The second kappa shape index (κ2) is 6.47. The van der Waals surface area contributed by atoms with Crippen LogP contribution in [0.25, 0.3) is 0 Å². The van der Waals surface area contributed by atoms with Crippen molar-refractivity contribution in [3.05, 3.63) is 0 Å². The second-order valence-electron chi connectivity index (χ2n) is 4.70. The van der Waals surface area contributed by atoms with Crippen LogP contribution in [-0.2, 0) is 4.79 Å². The molecular weight excluding hydrogens is 224 g/mol. The van der Waals surface area contributed by atoms with Crippen LogP contribution in [0, 0.1) is 0 Å². The minimum absolute atomic E-state index is 0.111. The van der Waals surface area contributed by atoms with Gasteiger partial charge < -0.3 is 15.7 Å². The Morgan fingerprint density at radius 2 is 2.44 bits per heavy atom. The highest BCUT2D eigenvalue weighted by atomic mass is 32.2. The van der Waals surface area contributed by atoms with Gasteiger partial charge in [0.15, 0.2) is 0 Å². The molecule has 16 heavy (non-hydrogen) atoms. The van der Waals surface area contributed by atoms with Gasteiger partial charge in [0.1, 0.15) is 0 Å². The minimum atomic E-state index is -0.692. The summed E-state index contributed by atoms with van der Waals surface area (Å²) < 4.78 is 0. The van der Waals surface area contributed by atoms with E-state index < -0.39 is 5.60 Å². The smallest absolute Gasteiger partial charge is 0.221 e. The molecule has 4 nitrogen and oxygen atoms in total. The van der Waals surface area contributed by atoms with Gasteiger partial charge in [-0.3, -0.25) is 4.79 Å². The van der Waals surface area contributed by atoms with E-state index in [-0.39, 0.29) is 11.9 Å². The zero-order chi connectivity index (χ0) is 12.0. The number of hydrogen-bond acceptors (Lipinski definition) is 4. The van der Waals surface area contributed by atoms with E-state index in [0.29, 0.717) is 18.7 Å². The van der Waals surface area contributed by atoms with Crippen LogP contribution in [0.5, 0.6) is 0 Å². The highest BCUT2D eigenvalue weighted by molar-refractivity contribution is 7.98. The Bertz CT molecular complexity index is 234. The van der Waals surface area contributed by atoms with Gasteiger partial charge in [-0.25, -0.2) is 0 Å². The number of rotatable bonds is 5. The maximum absolute atomic E-state index is 11.3. The van der Waals surface area contributed by atoms with E-state index in [0.717, 1.165) is 19.4 Å². The predicted octanol–water partition coefficient (Wildman–Crippen LogP) is 0.359. The maximum atomic E-state index is 11.3. The van der Waals surface area contributed by atoms with Gasteiger partial charge in [0.25, 0.3) is 0 Å². The molecule has 0 aromatic rings. The van der Waals surface area contributed by atoms with E-state index in [2.05, 4.69) is 10.6 Å². The molecule has 0 saturated carbocycles. The van der Waals surface area contributed by atoms with Gasteiger partial charge in [-0.1, -0.05) is 0 Å². The van der Waals surface area contributed by atoms with Gasteiger partial charge in [-0.05, 0) is 26.0 Å². The summed E-state index contributed by atoms with van der Waals surface area (Å²) in [5.74, 6) is 0.818. The first-order valence-electron chi connectivity index (χ1n) is 5.75. The summed E-state index contributed by atoms with van der Waals surface area (Å²) in [6, 6.07) is 0.204. The lowest BCUT2D eigenvalue weighted by molar-refractivity contribution is -0.121. The molecule has 94 valence electrons. The largest absolute Gasteiger partial charge is 0.388 e. The molecule has 0 aliphatic carbocycles. The molecule has 1 saturated heterocycles. The van der Waals surface area contributed by atoms with Gasteiger partial charge >= 0.3 is 0 Å². The van der Waals surface area contributed by atoms with Crippen LogP contribution < -0.4 is 10.6 Å². The first-order chi connectivity index (χ1) is 7.53. The van der Waals surface area contributed by atoms with E-state index in [1.807, 2.05) is 13.2 Å². The third-order valence-electron chi connectivity index (χ3n) is 2.71. The lowest BCUT2D eigenvalue weighted by Crippen LogP contribution is -2.44. The number of aliphatic hydroxyl groups is 1. The van der Waals surface area contributed by atoms with Gasteiger partial charge in [0.2, 0.25) is 5.91 Å². The van der Waals surface area contributed by atoms with Crippen molar-refractivity contribution in [2.24, 2.45) is 0 Å². The molecule has 0 spiro atoms. The fourth-order valence-electron chi connectivity index (χ4n) is 1.87. The SMILES string of the molecule is CSCC(C)(O)CNC1CCCNC(=O)C1. The first kappa shape index (κ1) is 13.8. The molecule has 2 unspecified atom stereocenters. The summed E-state index contributed by atoms with van der Waals surface area (Å²) in [5, 5.41) is 16.1. The van der Waals surface area contributed by atoms with Crippen LogP contribution in [-0.4, -0.2) is 47.8 Å². The Morgan fingerprint density at radius 3 is 3.12 bits per heavy atom. The number of amides is 1. The molecule has 3 N–H and O–H groups in total. The summed E-state index contributed by atoms with van der Waals surface area (Å²) in [6.07, 6.45) is 4.51. The van der Waals surface area contributed by atoms with Crippen molar-refractivity contribution in [2.75, 3.05) is 25.1 Å². The Balaban J connectivity index is 2.32. The molecule has 0 bridgehead atoms. The summed E-state index contributed by atoms with van der Waals surface area (Å²) in [6.45, 7) is 3.15. The van der Waals surface area contributed by atoms with Crippen LogP contribution in [0.15, 0.2) is 0 Å². The summed E-state index contributed by atoms with van der Waals surface area (Å²) in [7, 11) is 0. The van der Waals surface area contributed by atoms with Gasteiger partial charge in [0.05, 0.1) is 5.60 Å². The van der Waals surface area contributed by atoms with Crippen LogP contribution >= 0.6 is 11.8 Å². The molecule has 0 radical (unpaired) electrons. The molecule has 1 rings (SSSR count). The molecule has 1 amide bonds. The Kier molecular flexibility index (Phi) is 5.58. The summed E-state index contributed by atoms with van der Waals surface area (Å²) >= 11 is 1.63. The number of hydrogen-bond donors (Lipinski definition) is 3. The minimum Gasteiger partial charge on any atom is -0.388 e. The van der Waals surface area contributed by atoms with Crippen LogP contribution in [0.3, 0.4) is 0 Å². The highest BCUT2D eigenvalue weighted by Crippen LogP contribution is 2.11. The molecule has 2 atom stereocenters.